The number of hydrogen-bond donors (Lipinski definition) is 2. The van der Waals surface area contributed by atoms with Crippen LogP contribution in [0.4, 0.5) is 0 Å². The predicted octanol–water partition coefficient (Wildman–Crippen LogP) is 4.77. The number of thioether (sulfide) groups is 1. The summed E-state index contributed by atoms with van der Waals surface area (Å²) in [6.07, 6.45) is 4.51. The van der Waals surface area contributed by atoms with Crippen molar-refractivity contribution in [2.24, 2.45) is 0 Å². The zero-order valence-corrected chi connectivity index (χ0v) is 21.1. The molecule has 0 fully saturated rings. The summed E-state index contributed by atoms with van der Waals surface area (Å²) in [5, 5.41) is 10.8. The largest absolute Gasteiger partial charge is 0.350 e. The van der Waals surface area contributed by atoms with Gasteiger partial charge in [-0.1, -0.05) is 78.9 Å². The normalized spacial score (nSPS) is 11.6. The second-order valence-electron chi connectivity index (χ2n) is 8.44. The number of aromatic nitrogens is 2. The van der Waals surface area contributed by atoms with Gasteiger partial charge in [0.05, 0.1) is 12.2 Å². The van der Waals surface area contributed by atoms with E-state index in [1.165, 1.54) is 0 Å². The number of carbonyl (C=O) groups excluding carboxylic acids is 2. The average molecular weight is 499 g/mol. The van der Waals surface area contributed by atoms with Crippen molar-refractivity contribution in [3.8, 4) is 11.3 Å². The Morgan fingerprint density at radius 1 is 0.917 bits per heavy atom. The molecule has 184 valence electrons. The number of carbonyl (C=O) groups is 2. The van der Waals surface area contributed by atoms with Crippen LogP contribution < -0.4 is 10.6 Å². The van der Waals surface area contributed by atoms with Gasteiger partial charge in [-0.2, -0.15) is 16.9 Å². The third kappa shape index (κ3) is 6.86. The molecular formula is C29H30N4O2S. The zero-order chi connectivity index (χ0) is 25.2. The van der Waals surface area contributed by atoms with E-state index in [1.54, 1.807) is 23.9 Å². The number of benzene rings is 3. The highest BCUT2D eigenvalue weighted by Crippen LogP contribution is 2.22. The maximum absolute atomic E-state index is 13.2. The van der Waals surface area contributed by atoms with Crippen LogP contribution in [0.2, 0.25) is 0 Å². The molecule has 7 heteroatoms. The van der Waals surface area contributed by atoms with Gasteiger partial charge in [-0.05, 0) is 36.1 Å². The van der Waals surface area contributed by atoms with Gasteiger partial charge in [0, 0.05) is 29.4 Å². The fraction of sp³-hybridized carbons (Fsp3) is 0.207. The molecule has 0 saturated heterocycles. The number of hydrogen-bond acceptors (Lipinski definition) is 4. The molecule has 4 aromatic rings. The summed E-state index contributed by atoms with van der Waals surface area (Å²) < 4.78 is 1.90. The second-order valence-corrected chi connectivity index (χ2v) is 9.43. The number of nitrogens with one attached hydrogen (secondary N) is 2. The molecule has 0 aliphatic carbocycles. The van der Waals surface area contributed by atoms with Crippen molar-refractivity contribution in [2.45, 2.75) is 25.6 Å². The molecule has 3 aromatic carbocycles. The van der Waals surface area contributed by atoms with E-state index in [1.807, 2.05) is 83.9 Å². The van der Waals surface area contributed by atoms with Crippen molar-refractivity contribution in [3.05, 3.63) is 114 Å². The fourth-order valence-corrected chi connectivity index (χ4v) is 4.40. The van der Waals surface area contributed by atoms with Crippen LogP contribution in [0.3, 0.4) is 0 Å². The number of rotatable bonds is 11. The highest BCUT2D eigenvalue weighted by Gasteiger charge is 2.22. The molecule has 1 unspecified atom stereocenters. The lowest BCUT2D eigenvalue weighted by atomic mass is 10.1. The Morgan fingerprint density at radius 2 is 1.56 bits per heavy atom. The highest BCUT2D eigenvalue weighted by molar-refractivity contribution is 7.98. The standard InChI is InChI=1S/C29H30N4O2S/c1-36-18-17-26(31-28(34)24-15-9-4-10-16-24)29(35)30-19-25-21-33(20-22-11-5-2-6-12-22)32-27(25)23-13-7-3-8-14-23/h2-16,21,26H,17-20H2,1H3,(H,30,35)(H,31,34). The topological polar surface area (TPSA) is 76.0 Å². The molecule has 0 saturated carbocycles. The van der Waals surface area contributed by atoms with E-state index in [9.17, 15) is 9.59 Å². The molecule has 4 rings (SSSR count). The van der Waals surface area contributed by atoms with Crippen molar-refractivity contribution in [3.63, 3.8) is 0 Å². The lowest BCUT2D eigenvalue weighted by Gasteiger charge is -2.18. The van der Waals surface area contributed by atoms with Gasteiger partial charge in [0.25, 0.3) is 5.91 Å². The van der Waals surface area contributed by atoms with Gasteiger partial charge in [-0.25, -0.2) is 0 Å². The molecule has 6 nitrogen and oxygen atoms in total. The smallest absolute Gasteiger partial charge is 0.251 e. The van der Waals surface area contributed by atoms with Gasteiger partial charge in [0.1, 0.15) is 6.04 Å². The van der Waals surface area contributed by atoms with Crippen LogP contribution in [-0.4, -0.2) is 39.6 Å². The van der Waals surface area contributed by atoms with Crippen LogP contribution in [0.1, 0.15) is 27.9 Å². The van der Waals surface area contributed by atoms with E-state index in [0.717, 1.165) is 28.1 Å². The Hall–Kier alpha value is -3.84. The molecule has 0 bridgehead atoms. The van der Waals surface area contributed by atoms with E-state index in [0.29, 0.717) is 25.1 Å². The highest BCUT2D eigenvalue weighted by atomic mass is 32.2. The Kier molecular flexibility index (Phi) is 8.94. The van der Waals surface area contributed by atoms with Crippen molar-refractivity contribution in [2.75, 3.05) is 12.0 Å². The molecule has 2 amide bonds. The summed E-state index contributed by atoms with van der Waals surface area (Å²) in [5.74, 6) is 0.304. The fourth-order valence-electron chi connectivity index (χ4n) is 3.92. The van der Waals surface area contributed by atoms with E-state index in [-0.39, 0.29) is 11.8 Å². The third-order valence-corrected chi connectivity index (χ3v) is 6.44. The molecule has 1 atom stereocenters. The summed E-state index contributed by atoms with van der Waals surface area (Å²) in [7, 11) is 0. The molecular weight excluding hydrogens is 468 g/mol. The SMILES string of the molecule is CSCCC(NC(=O)c1ccccc1)C(=O)NCc1cn(Cc2ccccc2)nc1-c1ccccc1. The van der Waals surface area contributed by atoms with E-state index < -0.39 is 6.04 Å². The van der Waals surface area contributed by atoms with E-state index in [2.05, 4.69) is 22.8 Å². The molecule has 36 heavy (non-hydrogen) atoms. The van der Waals surface area contributed by atoms with Crippen LogP contribution >= 0.6 is 11.8 Å². The summed E-state index contributed by atoms with van der Waals surface area (Å²) in [6, 6.07) is 28.4. The van der Waals surface area contributed by atoms with Crippen LogP contribution in [0.25, 0.3) is 11.3 Å². The minimum Gasteiger partial charge on any atom is -0.350 e. The van der Waals surface area contributed by atoms with Crippen molar-refractivity contribution < 1.29 is 9.59 Å². The van der Waals surface area contributed by atoms with Crippen LogP contribution in [0.15, 0.2) is 97.2 Å². The molecule has 0 spiro atoms. The third-order valence-electron chi connectivity index (χ3n) is 5.79. The minimum absolute atomic E-state index is 0.205. The monoisotopic (exact) mass is 498 g/mol. The van der Waals surface area contributed by atoms with Crippen molar-refractivity contribution in [1.82, 2.24) is 20.4 Å². The number of amides is 2. The van der Waals surface area contributed by atoms with Crippen LogP contribution in [-0.2, 0) is 17.9 Å². The summed E-state index contributed by atoms with van der Waals surface area (Å²) >= 11 is 1.64. The summed E-state index contributed by atoms with van der Waals surface area (Å²) in [5.41, 5.74) is 4.43. The predicted molar refractivity (Wildman–Crippen MR) is 146 cm³/mol. The van der Waals surface area contributed by atoms with Gasteiger partial charge in [0.2, 0.25) is 5.91 Å². The quantitative estimate of drug-likeness (QED) is 0.312. The number of nitrogens with zero attached hydrogens (tertiary/aromatic N) is 2. The Balaban J connectivity index is 1.50. The maximum Gasteiger partial charge on any atom is 0.251 e. The second kappa shape index (κ2) is 12.7. The first-order chi connectivity index (χ1) is 17.6. The maximum atomic E-state index is 13.2. The zero-order valence-electron chi connectivity index (χ0n) is 20.3. The van der Waals surface area contributed by atoms with E-state index >= 15 is 0 Å². The summed E-state index contributed by atoms with van der Waals surface area (Å²) in [6.45, 7) is 0.951. The summed E-state index contributed by atoms with van der Waals surface area (Å²) in [4.78, 5) is 25.9. The Bertz CT molecular complexity index is 1260. The molecule has 1 aromatic heterocycles. The first-order valence-electron chi connectivity index (χ1n) is 11.9. The molecule has 2 N–H and O–H groups in total. The van der Waals surface area contributed by atoms with Gasteiger partial charge in [-0.3, -0.25) is 14.3 Å². The van der Waals surface area contributed by atoms with Gasteiger partial charge >= 0.3 is 0 Å². The van der Waals surface area contributed by atoms with Crippen LogP contribution in [0, 0.1) is 0 Å². The van der Waals surface area contributed by atoms with Gasteiger partial charge in [-0.15, -0.1) is 0 Å². The molecule has 0 aliphatic heterocycles. The van der Waals surface area contributed by atoms with Crippen LogP contribution in [0.5, 0.6) is 0 Å². The van der Waals surface area contributed by atoms with Gasteiger partial charge in [0.15, 0.2) is 0 Å². The van der Waals surface area contributed by atoms with Crippen molar-refractivity contribution >= 4 is 23.6 Å². The Labute approximate surface area is 216 Å². The Morgan fingerprint density at radius 3 is 2.22 bits per heavy atom. The van der Waals surface area contributed by atoms with Crippen molar-refractivity contribution in [1.29, 1.82) is 0 Å². The minimum atomic E-state index is -0.621. The lowest BCUT2D eigenvalue weighted by Crippen LogP contribution is -2.46. The molecule has 0 radical (unpaired) electrons. The lowest BCUT2D eigenvalue weighted by molar-refractivity contribution is -0.123. The molecule has 1 heterocycles. The van der Waals surface area contributed by atoms with E-state index in [4.69, 9.17) is 5.10 Å². The first-order valence-corrected chi connectivity index (χ1v) is 13.3. The average Bonchev–Trinajstić information content (AvgIpc) is 3.33. The van der Waals surface area contributed by atoms with Gasteiger partial charge < -0.3 is 10.6 Å². The first kappa shape index (κ1) is 25.3. The molecule has 0 aliphatic rings.